The summed E-state index contributed by atoms with van der Waals surface area (Å²) in [4.78, 5) is 3.74. The van der Waals surface area contributed by atoms with E-state index in [4.69, 9.17) is 0 Å². The molecule has 0 aliphatic heterocycles. The molecule has 6 heteroatoms. The Kier molecular flexibility index (Phi) is 8.84. The number of thiazole rings is 1. The molecule has 74 valence electrons. The Hall–Kier alpha value is -1.32. The van der Waals surface area contributed by atoms with Crippen LogP contribution >= 0.6 is 24.0 Å². The molecular weight excluding hydrogens is 218 g/mol. The van der Waals surface area contributed by atoms with Gasteiger partial charge in [-0.1, -0.05) is 12.6 Å². The molecule has 0 atom stereocenters. The van der Waals surface area contributed by atoms with Gasteiger partial charge in [0.15, 0.2) is 0 Å². The van der Waals surface area contributed by atoms with Gasteiger partial charge in [-0.05, 0) is 6.92 Å². The van der Waals surface area contributed by atoms with Gasteiger partial charge in [0.05, 0.1) is 5.51 Å². The highest BCUT2D eigenvalue weighted by Gasteiger charge is 1.80. The Morgan fingerprint density at radius 1 is 1.64 bits per heavy atom. The average molecular weight is 227 g/mol. The van der Waals surface area contributed by atoms with E-state index in [1.165, 1.54) is 6.39 Å². The maximum atomic E-state index is 4.60. The van der Waals surface area contributed by atoms with Crippen molar-refractivity contribution < 1.29 is 4.42 Å². The van der Waals surface area contributed by atoms with Crippen LogP contribution in [-0.4, -0.2) is 15.2 Å². The van der Waals surface area contributed by atoms with Crippen LogP contribution in [0.4, 0.5) is 0 Å². The third kappa shape index (κ3) is 8.77. The Labute approximate surface area is 91.8 Å². The topological polar surface area (TPSA) is 51.8 Å². The van der Waals surface area contributed by atoms with E-state index in [0.717, 1.165) is 0 Å². The lowest BCUT2D eigenvalue weighted by Crippen LogP contribution is -1.60. The molecule has 2 heterocycles. The van der Waals surface area contributed by atoms with Crippen molar-refractivity contribution in [1.82, 2.24) is 15.2 Å². The maximum absolute atomic E-state index is 4.60. The number of nitrogens with zero attached hydrogens (tertiary/aromatic N) is 3. The summed E-state index contributed by atoms with van der Waals surface area (Å²) in [5, 5.41) is 8.92. The van der Waals surface area contributed by atoms with Crippen LogP contribution in [0.5, 0.6) is 0 Å². The van der Waals surface area contributed by atoms with Gasteiger partial charge in [0, 0.05) is 11.6 Å². The molecule has 0 N–H and O–H groups in total. The molecule has 0 radical (unpaired) electrons. The summed E-state index contributed by atoms with van der Waals surface area (Å²) in [6, 6.07) is 0. The molecule has 0 saturated heterocycles. The van der Waals surface area contributed by atoms with Crippen molar-refractivity contribution in [1.29, 1.82) is 0 Å². The molecule has 14 heavy (non-hydrogen) atoms. The van der Waals surface area contributed by atoms with Crippen LogP contribution in [0.3, 0.4) is 0 Å². The lowest BCUT2D eigenvalue weighted by molar-refractivity contribution is 0.455. The third-order valence-corrected chi connectivity index (χ3v) is 1.41. The lowest BCUT2D eigenvalue weighted by Gasteiger charge is -1.62. The fourth-order valence-electron chi connectivity index (χ4n) is 0.343. The first-order chi connectivity index (χ1) is 6.81. The Morgan fingerprint density at radius 3 is 2.50 bits per heavy atom. The minimum Gasteiger partial charge on any atom is -0.419 e. The number of aromatic nitrogens is 3. The van der Waals surface area contributed by atoms with Crippen molar-refractivity contribution in [2.75, 3.05) is 0 Å². The van der Waals surface area contributed by atoms with Crippen molar-refractivity contribution in [3.05, 3.63) is 23.5 Å². The van der Waals surface area contributed by atoms with E-state index in [-0.39, 0.29) is 0 Å². The second kappa shape index (κ2) is 9.77. The van der Waals surface area contributed by atoms with Crippen molar-refractivity contribution in [2.24, 2.45) is 0 Å². The maximum Gasteiger partial charge on any atom is 0.273 e. The molecule has 4 nitrogen and oxygen atoms in total. The number of rotatable bonds is 0. The number of terminal acetylenes is 1. The van der Waals surface area contributed by atoms with Gasteiger partial charge in [0.1, 0.15) is 0 Å². The van der Waals surface area contributed by atoms with E-state index in [9.17, 15) is 0 Å². The largest absolute Gasteiger partial charge is 0.419 e. The van der Waals surface area contributed by atoms with Gasteiger partial charge in [-0.25, -0.2) is 0 Å². The fraction of sp³-hybridized carbons (Fsp3) is 0.125. The number of thiol groups is 1. The van der Waals surface area contributed by atoms with Crippen molar-refractivity contribution >= 4 is 24.0 Å². The van der Waals surface area contributed by atoms with Crippen LogP contribution in [0.15, 0.2) is 33.1 Å². The number of hydrogen-bond acceptors (Lipinski definition) is 6. The van der Waals surface area contributed by atoms with Crippen molar-refractivity contribution in [3.63, 3.8) is 0 Å². The average Bonchev–Trinajstić information content (AvgIpc) is 2.78. The zero-order valence-electron chi connectivity index (χ0n) is 7.49. The lowest BCUT2D eigenvalue weighted by atomic mass is 10.9. The fourth-order valence-corrected chi connectivity index (χ4v) is 0.793. The van der Waals surface area contributed by atoms with Crippen LogP contribution in [0.1, 0.15) is 6.92 Å². The summed E-state index contributed by atoms with van der Waals surface area (Å²) < 4.78 is 4.48. The second-order valence-corrected chi connectivity index (χ2v) is 2.82. The smallest absolute Gasteiger partial charge is 0.273 e. The van der Waals surface area contributed by atoms with Crippen molar-refractivity contribution in [3.8, 4) is 12.3 Å². The van der Waals surface area contributed by atoms with Gasteiger partial charge in [-0.15, -0.1) is 33.9 Å². The first-order valence-corrected chi connectivity index (χ1v) is 4.85. The predicted octanol–water partition coefficient (Wildman–Crippen LogP) is 2.14. The quantitative estimate of drug-likeness (QED) is 0.553. The molecule has 0 fully saturated rings. The third-order valence-electron chi connectivity index (χ3n) is 0.696. The molecule has 0 bridgehead atoms. The van der Waals surface area contributed by atoms with E-state index in [0.29, 0.717) is 5.22 Å². The summed E-state index contributed by atoms with van der Waals surface area (Å²) in [5.41, 5.74) is 1.79. The molecule has 0 aliphatic carbocycles. The summed E-state index contributed by atoms with van der Waals surface area (Å²) in [6.45, 7) is 1.65. The Balaban J connectivity index is 0.000000193. The van der Waals surface area contributed by atoms with E-state index >= 15 is 0 Å². The van der Waals surface area contributed by atoms with Crippen LogP contribution in [0, 0.1) is 12.3 Å². The van der Waals surface area contributed by atoms with Crippen LogP contribution in [-0.2, 0) is 0 Å². The second-order valence-electron chi connectivity index (χ2n) is 1.69. The molecule has 0 spiro atoms. The van der Waals surface area contributed by atoms with Gasteiger partial charge in [-0.2, -0.15) is 0 Å². The summed E-state index contributed by atoms with van der Waals surface area (Å²) in [5.74, 6) is 2.25. The highest BCUT2D eigenvalue weighted by Crippen LogP contribution is 1.93. The zero-order chi connectivity index (χ0) is 10.6. The number of hydrogen-bond donors (Lipinski definition) is 1. The standard InChI is InChI=1S/C3H3NS.C3H4.C2H2N2OS/c1-2-5-3-4-1;1-3-2;6-2-4-3-1-5-2/h1-3H;1H,2H3;1H,(H,4,6). The zero-order valence-corrected chi connectivity index (χ0v) is 9.20. The molecule has 2 aromatic heterocycles. The molecule has 0 saturated carbocycles. The van der Waals surface area contributed by atoms with Gasteiger partial charge < -0.3 is 4.42 Å². The normalized spacial score (nSPS) is 7.21. The SMILES string of the molecule is C#CC.Sc1nnco1.c1cscn1. The molecule has 0 amide bonds. The molecule has 0 unspecified atom stereocenters. The molecule has 2 rings (SSSR count). The van der Waals surface area contributed by atoms with Gasteiger partial charge in [0.2, 0.25) is 6.39 Å². The summed E-state index contributed by atoms with van der Waals surface area (Å²) >= 11 is 5.30. The first kappa shape index (κ1) is 12.7. The predicted molar refractivity (Wildman–Crippen MR) is 58.2 cm³/mol. The van der Waals surface area contributed by atoms with Crippen LogP contribution < -0.4 is 0 Å². The summed E-state index contributed by atoms with van der Waals surface area (Å²) in [7, 11) is 0. The van der Waals surface area contributed by atoms with Crippen LogP contribution in [0.25, 0.3) is 0 Å². The molecule has 0 aliphatic rings. The monoisotopic (exact) mass is 227 g/mol. The van der Waals surface area contributed by atoms with E-state index in [2.05, 4.69) is 44.6 Å². The van der Waals surface area contributed by atoms with Crippen molar-refractivity contribution in [2.45, 2.75) is 12.1 Å². The minimum absolute atomic E-state index is 0.301. The van der Waals surface area contributed by atoms with Gasteiger partial charge >= 0.3 is 0 Å². The molecular formula is C8H9N3OS2. The summed E-state index contributed by atoms with van der Waals surface area (Å²) in [6.07, 6.45) is 7.59. The van der Waals surface area contributed by atoms with Gasteiger partial charge in [0.25, 0.3) is 5.22 Å². The van der Waals surface area contributed by atoms with Crippen LogP contribution in [0.2, 0.25) is 0 Å². The molecule has 2 aromatic rings. The van der Waals surface area contributed by atoms with E-state index in [1.54, 1.807) is 30.0 Å². The van der Waals surface area contributed by atoms with E-state index in [1.807, 2.05) is 5.38 Å². The highest BCUT2D eigenvalue weighted by molar-refractivity contribution is 7.80. The Bertz CT molecular complexity index is 309. The van der Waals surface area contributed by atoms with E-state index < -0.39 is 0 Å². The molecule has 0 aromatic carbocycles. The Morgan fingerprint density at radius 2 is 2.36 bits per heavy atom. The first-order valence-electron chi connectivity index (χ1n) is 3.46. The highest BCUT2D eigenvalue weighted by atomic mass is 32.1. The minimum atomic E-state index is 0.301. The van der Waals surface area contributed by atoms with Gasteiger partial charge in [-0.3, -0.25) is 4.98 Å².